The summed E-state index contributed by atoms with van der Waals surface area (Å²) in [6.45, 7) is 1.19. The molecule has 21 heavy (non-hydrogen) atoms. The Kier molecular flexibility index (Phi) is 4.38. The van der Waals surface area contributed by atoms with Crippen LogP contribution >= 0.6 is 27.5 Å². The van der Waals surface area contributed by atoms with Gasteiger partial charge in [0.05, 0.1) is 11.1 Å². The zero-order chi connectivity index (χ0) is 14.8. The Hall–Kier alpha value is -1.23. The average Bonchev–Trinajstić information content (AvgIpc) is 2.51. The van der Waals surface area contributed by atoms with E-state index in [1.165, 1.54) is 0 Å². The zero-order valence-corrected chi connectivity index (χ0v) is 13.9. The Bertz CT molecular complexity index is 663. The third kappa shape index (κ3) is 3.03. The van der Waals surface area contributed by atoms with E-state index >= 15 is 0 Å². The van der Waals surface area contributed by atoms with E-state index in [1.807, 2.05) is 37.4 Å². The highest BCUT2D eigenvalue weighted by atomic mass is 79.9. The highest BCUT2D eigenvalue weighted by molar-refractivity contribution is 9.10. The lowest BCUT2D eigenvalue weighted by Crippen LogP contribution is -2.19. The van der Waals surface area contributed by atoms with Crippen molar-refractivity contribution >= 4 is 27.5 Å². The van der Waals surface area contributed by atoms with Gasteiger partial charge in [-0.15, -0.1) is 0 Å². The monoisotopic (exact) mass is 367 g/mol. The Labute approximate surface area is 137 Å². The number of ether oxygens (including phenoxy) is 2. The summed E-state index contributed by atoms with van der Waals surface area (Å²) >= 11 is 9.54. The number of fused-ring (bicyclic) bond motifs is 1. The van der Waals surface area contributed by atoms with Crippen molar-refractivity contribution in [3.63, 3.8) is 0 Å². The number of hydrogen-bond donors (Lipinski definition) is 1. The molecule has 3 nitrogen and oxygen atoms in total. The Morgan fingerprint density at radius 1 is 1.05 bits per heavy atom. The fourth-order valence-corrected chi connectivity index (χ4v) is 2.97. The zero-order valence-electron chi connectivity index (χ0n) is 11.5. The Morgan fingerprint density at radius 2 is 1.71 bits per heavy atom. The Balaban J connectivity index is 1.97. The second kappa shape index (κ2) is 6.26. The molecule has 2 aromatic carbocycles. The minimum Gasteiger partial charge on any atom is -0.486 e. The summed E-state index contributed by atoms with van der Waals surface area (Å²) in [5.41, 5.74) is 2.25. The molecule has 5 heteroatoms. The molecule has 1 atom stereocenters. The quantitative estimate of drug-likeness (QED) is 0.881. The lowest BCUT2D eigenvalue weighted by molar-refractivity contribution is 0.171. The lowest BCUT2D eigenvalue weighted by atomic mass is 9.98. The molecule has 110 valence electrons. The molecule has 2 aromatic rings. The molecule has 0 aromatic heterocycles. The first kappa shape index (κ1) is 14.7. The maximum atomic E-state index is 6.07. The van der Waals surface area contributed by atoms with Crippen molar-refractivity contribution in [2.75, 3.05) is 20.3 Å². The third-order valence-electron chi connectivity index (χ3n) is 3.47. The van der Waals surface area contributed by atoms with Crippen LogP contribution in [-0.4, -0.2) is 20.3 Å². The van der Waals surface area contributed by atoms with Crippen molar-refractivity contribution in [1.29, 1.82) is 0 Å². The first-order valence-corrected chi connectivity index (χ1v) is 7.88. The average molecular weight is 369 g/mol. The van der Waals surface area contributed by atoms with Crippen molar-refractivity contribution in [2.24, 2.45) is 0 Å². The summed E-state index contributed by atoms with van der Waals surface area (Å²) < 4.78 is 12.1. The van der Waals surface area contributed by atoms with E-state index in [0.717, 1.165) is 27.1 Å². The second-order valence-electron chi connectivity index (χ2n) is 4.80. The molecule has 1 aliphatic rings. The second-order valence-corrected chi connectivity index (χ2v) is 6.06. The molecule has 0 amide bonds. The Morgan fingerprint density at radius 3 is 2.43 bits per heavy atom. The SMILES string of the molecule is CNC(c1ccc(Cl)c(Br)c1)c1ccc2c(c1)OCCO2. The van der Waals surface area contributed by atoms with Gasteiger partial charge in [0.15, 0.2) is 11.5 Å². The largest absolute Gasteiger partial charge is 0.486 e. The number of nitrogens with one attached hydrogen (secondary N) is 1. The van der Waals surface area contributed by atoms with E-state index in [9.17, 15) is 0 Å². The molecule has 0 bridgehead atoms. The summed E-state index contributed by atoms with van der Waals surface area (Å²) in [4.78, 5) is 0. The van der Waals surface area contributed by atoms with E-state index in [1.54, 1.807) is 0 Å². The van der Waals surface area contributed by atoms with Gasteiger partial charge < -0.3 is 14.8 Å². The summed E-state index contributed by atoms with van der Waals surface area (Å²) in [7, 11) is 1.93. The molecule has 0 saturated carbocycles. The summed E-state index contributed by atoms with van der Waals surface area (Å²) in [6, 6.07) is 12.0. The number of hydrogen-bond acceptors (Lipinski definition) is 3. The molecule has 0 saturated heterocycles. The van der Waals surface area contributed by atoms with Crippen LogP contribution in [0.1, 0.15) is 17.2 Å². The third-order valence-corrected chi connectivity index (χ3v) is 4.68. The van der Waals surface area contributed by atoms with Gasteiger partial charge in [-0.1, -0.05) is 23.7 Å². The maximum absolute atomic E-state index is 6.07. The summed E-state index contributed by atoms with van der Waals surface area (Å²) in [5, 5.41) is 4.03. The van der Waals surface area contributed by atoms with Crippen molar-refractivity contribution < 1.29 is 9.47 Å². The van der Waals surface area contributed by atoms with Crippen molar-refractivity contribution in [2.45, 2.75) is 6.04 Å². The van der Waals surface area contributed by atoms with Crippen molar-refractivity contribution in [3.8, 4) is 11.5 Å². The fraction of sp³-hybridized carbons (Fsp3) is 0.250. The maximum Gasteiger partial charge on any atom is 0.161 e. The number of halogens is 2. The van der Waals surface area contributed by atoms with E-state index < -0.39 is 0 Å². The first-order chi connectivity index (χ1) is 10.2. The van der Waals surface area contributed by atoms with Crippen molar-refractivity contribution in [3.05, 3.63) is 57.0 Å². The van der Waals surface area contributed by atoms with Crippen LogP contribution in [0.15, 0.2) is 40.9 Å². The molecular formula is C16H15BrClNO2. The highest BCUT2D eigenvalue weighted by Gasteiger charge is 2.18. The minimum atomic E-state index is 0.0643. The predicted molar refractivity (Wildman–Crippen MR) is 87.5 cm³/mol. The van der Waals surface area contributed by atoms with Crippen LogP contribution in [0.5, 0.6) is 11.5 Å². The van der Waals surface area contributed by atoms with E-state index in [-0.39, 0.29) is 6.04 Å². The van der Waals surface area contributed by atoms with Crippen LogP contribution in [0.2, 0.25) is 5.02 Å². The molecule has 1 heterocycles. The van der Waals surface area contributed by atoms with E-state index in [2.05, 4.69) is 27.3 Å². The predicted octanol–water partition coefficient (Wildman–Crippen LogP) is 4.18. The smallest absolute Gasteiger partial charge is 0.161 e. The van der Waals surface area contributed by atoms with Gasteiger partial charge in [-0.3, -0.25) is 0 Å². The standard InChI is InChI=1S/C16H15BrClNO2/c1-19-16(10-2-4-13(18)12(17)8-10)11-3-5-14-15(9-11)21-7-6-20-14/h2-5,8-9,16,19H,6-7H2,1H3. The van der Waals surface area contributed by atoms with Gasteiger partial charge in [-0.25, -0.2) is 0 Å². The number of benzene rings is 2. The molecular weight excluding hydrogens is 354 g/mol. The van der Waals surface area contributed by atoms with Gasteiger partial charge in [0.1, 0.15) is 13.2 Å². The molecule has 0 spiro atoms. The molecule has 1 N–H and O–H groups in total. The van der Waals surface area contributed by atoms with Crippen LogP contribution in [0.4, 0.5) is 0 Å². The minimum absolute atomic E-state index is 0.0643. The first-order valence-electron chi connectivity index (χ1n) is 6.71. The van der Waals surface area contributed by atoms with E-state index in [4.69, 9.17) is 21.1 Å². The lowest BCUT2D eigenvalue weighted by Gasteiger charge is -2.22. The summed E-state index contributed by atoms with van der Waals surface area (Å²) in [5.74, 6) is 1.60. The molecule has 0 aliphatic carbocycles. The van der Waals surface area contributed by atoms with Crippen LogP contribution in [0.3, 0.4) is 0 Å². The number of rotatable bonds is 3. The molecule has 1 aliphatic heterocycles. The topological polar surface area (TPSA) is 30.5 Å². The van der Waals surface area contributed by atoms with Gasteiger partial charge in [0.25, 0.3) is 0 Å². The van der Waals surface area contributed by atoms with E-state index in [0.29, 0.717) is 18.2 Å². The fourth-order valence-electron chi connectivity index (χ4n) is 2.46. The van der Waals surface area contributed by atoms with Gasteiger partial charge in [-0.05, 0) is 58.4 Å². The summed E-state index contributed by atoms with van der Waals surface area (Å²) in [6.07, 6.45) is 0. The van der Waals surface area contributed by atoms with Crippen LogP contribution < -0.4 is 14.8 Å². The van der Waals surface area contributed by atoms with Crippen molar-refractivity contribution in [1.82, 2.24) is 5.32 Å². The van der Waals surface area contributed by atoms with Gasteiger partial charge in [-0.2, -0.15) is 0 Å². The normalized spacial score (nSPS) is 14.8. The van der Waals surface area contributed by atoms with Gasteiger partial charge in [0.2, 0.25) is 0 Å². The van der Waals surface area contributed by atoms with Crippen LogP contribution in [-0.2, 0) is 0 Å². The molecule has 0 fully saturated rings. The molecule has 0 radical (unpaired) electrons. The molecule has 1 unspecified atom stereocenters. The highest BCUT2D eigenvalue weighted by Crippen LogP contribution is 2.35. The van der Waals surface area contributed by atoms with Gasteiger partial charge in [0, 0.05) is 4.47 Å². The van der Waals surface area contributed by atoms with Crippen LogP contribution in [0, 0.1) is 0 Å². The van der Waals surface area contributed by atoms with Crippen LogP contribution in [0.25, 0.3) is 0 Å². The molecule has 3 rings (SSSR count). The van der Waals surface area contributed by atoms with Gasteiger partial charge >= 0.3 is 0 Å².